The minimum atomic E-state index is 0.544. The number of hydrogen-bond donors (Lipinski definition) is 2. The highest BCUT2D eigenvalue weighted by atomic mass is 16.5. The quantitative estimate of drug-likeness (QED) is 0.631. The summed E-state index contributed by atoms with van der Waals surface area (Å²) in [4.78, 5) is 0. The fraction of sp³-hybridized carbons (Fsp3) is 1.00. The number of rotatable bonds is 7. The zero-order valence-corrected chi connectivity index (χ0v) is 10.2. The van der Waals surface area contributed by atoms with Crippen molar-refractivity contribution in [3.05, 3.63) is 0 Å². The van der Waals surface area contributed by atoms with Crippen molar-refractivity contribution in [1.82, 2.24) is 10.6 Å². The third-order valence-corrected chi connectivity index (χ3v) is 3.12. The summed E-state index contributed by atoms with van der Waals surface area (Å²) in [5.74, 6) is 0. The van der Waals surface area contributed by atoms with Gasteiger partial charge in [-0.3, -0.25) is 0 Å². The average molecular weight is 214 g/mol. The van der Waals surface area contributed by atoms with Gasteiger partial charge in [0.05, 0.1) is 6.61 Å². The minimum absolute atomic E-state index is 0.544. The van der Waals surface area contributed by atoms with Gasteiger partial charge in [-0.1, -0.05) is 19.3 Å². The highest BCUT2D eigenvalue weighted by Gasteiger charge is 2.13. The summed E-state index contributed by atoms with van der Waals surface area (Å²) in [6, 6.07) is 1.31. The van der Waals surface area contributed by atoms with E-state index >= 15 is 0 Å². The lowest BCUT2D eigenvalue weighted by Gasteiger charge is -2.25. The maximum atomic E-state index is 5.00. The van der Waals surface area contributed by atoms with Gasteiger partial charge in [0.2, 0.25) is 0 Å². The fourth-order valence-electron chi connectivity index (χ4n) is 2.13. The molecule has 0 aromatic rings. The predicted octanol–water partition coefficient (Wildman–Crippen LogP) is 1.53. The predicted molar refractivity (Wildman–Crippen MR) is 64.2 cm³/mol. The molecule has 1 aliphatic rings. The number of methoxy groups -OCH3 is 1. The van der Waals surface area contributed by atoms with Gasteiger partial charge in [0.1, 0.15) is 0 Å². The Bertz CT molecular complexity index is 147. The van der Waals surface area contributed by atoms with E-state index in [2.05, 4.69) is 17.6 Å². The topological polar surface area (TPSA) is 33.3 Å². The molecule has 0 bridgehead atoms. The number of ether oxygens (including phenoxy) is 1. The molecule has 0 aromatic heterocycles. The molecule has 15 heavy (non-hydrogen) atoms. The van der Waals surface area contributed by atoms with E-state index in [0.29, 0.717) is 6.04 Å². The van der Waals surface area contributed by atoms with Crippen LogP contribution in [0.15, 0.2) is 0 Å². The summed E-state index contributed by atoms with van der Waals surface area (Å²) in [7, 11) is 1.74. The molecule has 0 heterocycles. The third-order valence-electron chi connectivity index (χ3n) is 3.12. The SMILES string of the molecule is COCCNC(C)CNC1CCCCC1. The normalized spacial score (nSPS) is 20.4. The van der Waals surface area contributed by atoms with Gasteiger partial charge in [0, 0.05) is 32.3 Å². The standard InChI is InChI=1S/C12H26N2O/c1-11(13-8-9-15-2)10-14-12-6-4-3-5-7-12/h11-14H,3-10H2,1-2H3. The van der Waals surface area contributed by atoms with Crippen molar-refractivity contribution in [2.45, 2.75) is 51.1 Å². The zero-order valence-electron chi connectivity index (χ0n) is 10.2. The Morgan fingerprint density at radius 3 is 2.67 bits per heavy atom. The molecule has 0 aliphatic heterocycles. The second-order valence-electron chi connectivity index (χ2n) is 4.59. The molecule has 1 aliphatic carbocycles. The number of nitrogens with one attached hydrogen (secondary N) is 2. The Hall–Kier alpha value is -0.120. The summed E-state index contributed by atoms with van der Waals surface area (Å²) >= 11 is 0. The second-order valence-corrected chi connectivity index (χ2v) is 4.59. The average Bonchev–Trinajstić information content (AvgIpc) is 2.28. The van der Waals surface area contributed by atoms with E-state index in [-0.39, 0.29) is 0 Å². The van der Waals surface area contributed by atoms with Crippen molar-refractivity contribution >= 4 is 0 Å². The largest absolute Gasteiger partial charge is 0.383 e. The van der Waals surface area contributed by atoms with Crippen molar-refractivity contribution in [2.75, 3.05) is 26.8 Å². The summed E-state index contributed by atoms with van der Waals surface area (Å²) in [6.45, 7) is 5.05. The molecular weight excluding hydrogens is 188 g/mol. The molecular formula is C12H26N2O. The smallest absolute Gasteiger partial charge is 0.0587 e. The van der Waals surface area contributed by atoms with Crippen LogP contribution in [0.5, 0.6) is 0 Å². The molecule has 0 amide bonds. The highest BCUT2D eigenvalue weighted by Crippen LogP contribution is 2.17. The van der Waals surface area contributed by atoms with Gasteiger partial charge in [0.15, 0.2) is 0 Å². The van der Waals surface area contributed by atoms with Gasteiger partial charge < -0.3 is 15.4 Å². The van der Waals surface area contributed by atoms with Gasteiger partial charge in [0.25, 0.3) is 0 Å². The molecule has 0 spiro atoms. The van der Waals surface area contributed by atoms with Crippen LogP contribution in [0.3, 0.4) is 0 Å². The molecule has 1 fully saturated rings. The van der Waals surface area contributed by atoms with E-state index < -0.39 is 0 Å². The van der Waals surface area contributed by atoms with Crippen LogP contribution in [0.1, 0.15) is 39.0 Å². The van der Waals surface area contributed by atoms with E-state index in [4.69, 9.17) is 4.74 Å². The van der Waals surface area contributed by atoms with E-state index in [1.807, 2.05) is 0 Å². The first-order chi connectivity index (χ1) is 7.33. The number of hydrogen-bond acceptors (Lipinski definition) is 3. The molecule has 90 valence electrons. The first-order valence-corrected chi connectivity index (χ1v) is 6.28. The molecule has 0 saturated heterocycles. The lowest BCUT2D eigenvalue weighted by molar-refractivity contribution is 0.195. The lowest BCUT2D eigenvalue weighted by Crippen LogP contribution is -2.42. The van der Waals surface area contributed by atoms with Crippen LogP contribution in [0.4, 0.5) is 0 Å². The molecule has 1 rings (SSSR count). The van der Waals surface area contributed by atoms with E-state index in [1.165, 1.54) is 32.1 Å². The molecule has 1 saturated carbocycles. The molecule has 2 N–H and O–H groups in total. The van der Waals surface area contributed by atoms with Gasteiger partial charge >= 0.3 is 0 Å². The molecule has 0 aromatic carbocycles. The Labute approximate surface area is 94.0 Å². The summed E-state index contributed by atoms with van der Waals surface area (Å²) in [6.07, 6.45) is 6.97. The van der Waals surface area contributed by atoms with Crippen molar-refractivity contribution in [3.8, 4) is 0 Å². The third kappa shape index (κ3) is 6.13. The monoisotopic (exact) mass is 214 g/mol. The Morgan fingerprint density at radius 2 is 2.00 bits per heavy atom. The van der Waals surface area contributed by atoms with Gasteiger partial charge in [-0.15, -0.1) is 0 Å². The van der Waals surface area contributed by atoms with Crippen molar-refractivity contribution < 1.29 is 4.74 Å². The molecule has 0 radical (unpaired) electrons. The van der Waals surface area contributed by atoms with Crippen LogP contribution in [0, 0.1) is 0 Å². The van der Waals surface area contributed by atoms with Crippen molar-refractivity contribution in [3.63, 3.8) is 0 Å². The maximum Gasteiger partial charge on any atom is 0.0587 e. The Kier molecular flexibility index (Phi) is 6.98. The first-order valence-electron chi connectivity index (χ1n) is 6.28. The second kappa shape index (κ2) is 8.08. The van der Waals surface area contributed by atoms with E-state index in [0.717, 1.165) is 25.7 Å². The van der Waals surface area contributed by atoms with E-state index in [9.17, 15) is 0 Å². The summed E-state index contributed by atoms with van der Waals surface area (Å²) in [5.41, 5.74) is 0. The first kappa shape index (κ1) is 12.9. The van der Waals surface area contributed by atoms with Crippen LogP contribution < -0.4 is 10.6 Å². The highest BCUT2D eigenvalue weighted by molar-refractivity contribution is 4.74. The van der Waals surface area contributed by atoms with Crippen molar-refractivity contribution in [1.29, 1.82) is 0 Å². The Balaban J connectivity index is 1.97. The zero-order chi connectivity index (χ0) is 10.9. The summed E-state index contributed by atoms with van der Waals surface area (Å²) < 4.78 is 5.00. The molecule has 1 atom stereocenters. The minimum Gasteiger partial charge on any atom is -0.383 e. The summed E-state index contributed by atoms with van der Waals surface area (Å²) in [5, 5.41) is 7.08. The van der Waals surface area contributed by atoms with Gasteiger partial charge in [-0.25, -0.2) is 0 Å². The Morgan fingerprint density at radius 1 is 1.27 bits per heavy atom. The maximum absolute atomic E-state index is 5.00. The molecule has 1 unspecified atom stereocenters. The van der Waals surface area contributed by atoms with Crippen LogP contribution in [-0.2, 0) is 4.74 Å². The molecule has 3 heteroatoms. The van der Waals surface area contributed by atoms with Crippen LogP contribution in [-0.4, -0.2) is 38.9 Å². The van der Waals surface area contributed by atoms with Gasteiger partial charge in [-0.05, 0) is 19.8 Å². The van der Waals surface area contributed by atoms with Crippen LogP contribution in [0.25, 0.3) is 0 Å². The molecule has 3 nitrogen and oxygen atoms in total. The van der Waals surface area contributed by atoms with Crippen LogP contribution >= 0.6 is 0 Å². The fourth-order valence-corrected chi connectivity index (χ4v) is 2.13. The lowest BCUT2D eigenvalue weighted by atomic mass is 9.95. The van der Waals surface area contributed by atoms with Gasteiger partial charge in [-0.2, -0.15) is 0 Å². The van der Waals surface area contributed by atoms with Crippen molar-refractivity contribution in [2.24, 2.45) is 0 Å². The van der Waals surface area contributed by atoms with E-state index in [1.54, 1.807) is 7.11 Å². The van der Waals surface area contributed by atoms with Crippen LogP contribution in [0.2, 0.25) is 0 Å².